The van der Waals surface area contributed by atoms with Gasteiger partial charge in [-0.05, 0) is 42.5 Å². The van der Waals surface area contributed by atoms with Gasteiger partial charge in [-0.3, -0.25) is 9.59 Å². The Labute approximate surface area is 143 Å². The van der Waals surface area contributed by atoms with E-state index in [0.717, 1.165) is 6.08 Å². The molecule has 0 aromatic heterocycles. The molecule has 1 N–H and O–H groups in total. The summed E-state index contributed by atoms with van der Waals surface area (Å²) in [6, 6.07) is 11.2. The van der Waals surface area contributed by atoms with Crippen LogP contribution in [0.3, 0.4) is 0 Å². The van der Waals surface area contributed by atoms with Crippen molar-refractivity contribution in [3.63, 3.8) is 0 Å². The monoisotopic (exact) mass is 343 g/mol. The summed E-state index contributed by atoms with van der Waals surface area (Å²) >= 11 is 5.85. The summed E-state index contributed by atoms with van der Waals surface area (Å²) in [6.45, 7) is 3.40. The summed E-state index contributed by atoms with van der Waals surface area (Å²) in [4.78, 5) is 23.9. The minimum atomic E-state index is -0.742. The number of ether oxygens (including phenoxy) is 2. The second-order valence-corrected chi connectivity index (χ2v) is 5.57. The van der Waals surface area contributed by atoms with E-state index in [2.05, 4.69) is 11.9 Å². The van der Waals surface area contributed by atoms with Crippen molar-refractivity contribution in [3.8, 4) is 17.2 Å². The number of nitrogens with one attached hydrogen (secondary N) is 1. The smallest absolute Gasteiger partial charge is 0.244 e. The van der Waals surface area contributed by atoms with Crippen LogP contribution < -0.4 is 14.8 Å². The van der Waals surface area contributed by atoms with Crippen LogP contribution in [-0.2, 0) is 4.79 Å². The fraction of sp³-hybridized carbons (Fsp3) is 0.111. The third-order valence-corrected chi connectivity index (χ3v) is 3.75. The molecule has 1 aliphatic heterocycles. The molecule has 24 heavy (non-hydrogen) atoms. The summed E-state index contributed by atoms with van der Waals surface area (Å²) in [7, 11) is 0. The Morgan fingerprint density at radius 2 is 2.04 bits per heavy atom. The number of halogens is 1. The summed E-state index contributed by atoms with van der Waals surface area (Å²) in [5.74, 6) is 0.714. The van der Waals surface area contributed by atoms with Crippen LogP contribution in [0.5, 0.6) is 17.2 Å². The van der Waals surface area contributed by atoms with Crippen LogP contribution in [0, 0.1) is 0 Å². The van der Waals surface area contributed by atoms with E-state index in [9.17, 15) is 9.59 Å². The second kappa shape index (κ2) is 6.76. The number of hydrogen-bond acceptors (Lipinski definition) is 4. The van der Waals surface area contributed by atoms with Crippen LogP contribution in [0.1, 0.15) is 10.4 Å². The molecule has 0 aliphatic carbocycles. The van der Waals surface area contributed by atoms with Crippen LogP contribution in [0.15, 0.2) is 55.1 Å². The van der Waals surface area contributed by atoms with Crippen molar-refractivity contribution in [1.29, 1.82) is 0 Å². The Kier molecular flexibility index (Phi) is 4.53. The van der Waals surface area contributed by atoms with Crippen molar-refractivity contribution in [3.05, 3.63) is 65.7 Å². The second-order valence-electron chi connectivity index (χ2n) is 5.13. The minimum absolute atomic E-state index is 0.0341. The number of amides is 1. The van der Waals surface area contributed by atoms with Crippen LogP contribution in [0.2, 0.25) is 5.02 Å². The van der Waals surface area contributed by atoms with Crippen molar-refractivity contribution in [1.82, 2.24) is 5.32 Å². The van der Waals surface area contributed by atoms with Gasteiger partial charge < -0.3 is 14.8 Å². The van der Waals surface area contributed by atoms with Crippen molar-refractivity contribution in [2.45, 2.75) is 6.04 Å². The van der Waals surface area contributed by atoms with Gasteiger partial charge in [-0.2, -0.15) is 0 Å². The molecule has 0 saturated carbocycles. The molecule has 1 heterocycles. The predicted molar refractivity (Wildman–Crippen MR) is 89.9 cm³/mol. The van der Waals surface area contributed by atoms with Gasteiger partial charge in [-0.25, -0.2) is 0 Å². The van der Waals surface area contributed by atoms with Crippen LogP contribution in [0.25, 0.3) is 0 Å². The number of Topliss-reactive ketones (excluding diaryl/α,β-unsaturated/α-hetero) is 1. The SMILES string of the molecule is C=CC(=O)NC1COc2c(Oc3ccc(Cl)cc3)cccc2C1=O. The molecule has 1 aliphatic rings. The standard InChI is InChI=1S/C18H14ClNO4/c1-2-16(21)20-14-10-23-18-13(17(14)22)4-3-5-15(18)24-12-8-6-11(19)7-9-12/h2-9,14H,1,10H2,(H,20,21). The number of rotatable bonds is 4. The van der Waals surface area contributed by atoms with Crippen LogP contribution in [0.4, 0.5) is 0 Å². The molecular weight excluding hydrogens is 330 g/mol. The lowest BCUT2D eigenvalue weighted by Crippen LogP contribution is -2.46. The molecule has 1 amide bonds. The lowest BCUT2D eigenvalue weighted by atomic mass is 10.0. The fourth-order valence-electron chi connectivity index (χ4n) is 2.34. The lowest BCUT2D eigenvalue weighted by Gasteiger charge is -2.25. The molecule has 1 atom stereocenters. The Balaban J connectivity index is 1.86. The van der Waals surface area contributed by atoms with Crippen LogP contribution >= 0.6 is 11.6 Å². The number of carbonyl (C=O) groups excluding carboxylic acids is 2. The molecule has 1 unspecified atom stereocenters. The maximum atomic E-state index is 12.5. The van der Waals surface area contributed by atoms with Gasteiger partial charge >= 0.3 is 0 Å². The number of ketones is 1. The first-order valence-corrected chi connectivity index (χ1v) is 7.62. The molecule has 122 valence electrons. The number of carbonyl (C=O) groups is 2. The van der Waals surface area contributed by atoms with Crippen molar-refractivity contribution >= 4 is 23.3 Å². The number of benzene rings is 2. The highest BCUT2D eigenvalue weighted by molar-refractivity contribution is 6.30. The van der Waals surface area contributed by atoms with E-state index < -0.39 is 11.9 Å². The molecule has 0 saturated heterocycles. The van der Waals surface area contributed by atoms with Gasteiger partial charge in [0.15, 0.2) is 17.3 Å². The zero-order valence-corrected chi connectivity index (χ0v) is 13.4. The molecular formula is C18H14ClNO4. The normalized spacial score (nSPS) is 15.9. The van der Waals surface area contributed by atoms with Crippen molar-refractivity contribution < 1.29 is 19.1 Å². The van der Waals surface area contributed by atoms with E-state index in [4.69, 9.17) is 21.1 Å². The highest BCUT2D eigenvalue weighted by atomic mass is 35.5. The molecule has 2 aromatic rings. The van der Waals surface area contributed by atoms with Gasteiger partial charge in [0.1, 0.15) is 18.4 Å². The van der Waals surface area contributed by atoms with Gasteiger partial charge in [0.25, 0.3) is 0 Å². The Hall–Kier alpha value is -2.79. The Bertz CT molecular complexity index is 801. The first-order chi connectivity index (χ1) is 11.6. The van der Waals surface area contributed by atoms with Gasteiger partial charge in [0, 0.05) is 5.02 Å². The number of fused-ring (bicyclic) bond motifs is 1. The number of para-hydroxylation sites is 1. The van der Waals surface area contributed by atoms with E-state index in [1.807, 2.05) is 0 Å². The van der Waals surface area contributed by atoms with Crippen LogP contribution in [-0.4, -0.2) is 24.3 Å². The topological polar surface area (TPSA) is 64.6 Å². The summed E-state index contributed by atoms with van der Waals surface area (Å²) in [5.41, 5.74) is 0.363. The first-order valence-electron chi connectivity index (χ1n) is 7.25. The Morgan fingerprint density at radius 1 is 1.29 bits per heavy atom. The average molecular weight is 344 g/mol. The van der Waals surface area contributed by atoms with Crippen molar-refractivity contribution in [2.24, 2.45) is 0 Å². The highest BCUT2D eigenvalue weighted by Gasteiger charge is 2.31. The quantitative estimate of drug-likeness (QED) is 0.864. The molecule has 0 spiro atoms. The summed E-state index contributed by atoms with van der Waals surface area (Å²) in [6.07, 6.45) is 1.11. The van der Waals surface area contributed by atoms with Crippen molar-refractivity contribution in [2.75, 3.05) is 6.61 Å². The van der Waals surface area contributed by atoms with Gasteiger partial charge in [0.2, 0.25) is 5.91 Å². The maximum Gasteiger partial charge on any atom is 0.244 e. The Morgan fingerprint density at radius 3 is 2.75 bits per heavy atom. The molecule has 6 heteroatoms. The third-order valence-electron chi connectivity index (χ3n) is 3.50. The van der Waals surface area contributed by atoms with Gasteiger partial charge in [-0.1, -0.05) is 24.2 Å². The van der Waals surface area contributed by atoms with Gasteiger partial charge in [0.05, 0.1) is 5.56 Å². The molecule has 5 nitrogen and oxygen atoms in total. The average Bonchev–Trinajstić information content (AvgIpc) is 2.59. The molecule has 3 rings (SSSR count). The molecule has 2 aromatic carbocycles. The van der Waals surface area contributed by atoms with E-state index in [0.29, 0.717) is 27.8 Å². The largest absolute Gasteiger partial charge is 0.486 e. The fourth-order valence-corrected chi connectivity index (χ4v) is 2.46. The number of hydrogen-bond donors (Lipinski definition) is 1. The zero-order valence-electron chi connectivity index (χ0n) is 12.6. The maximum absolute atomic E-state index is 12.5. The molecule has 0 bridgehead atoms. The van der Waals surface area contributed by atoms with E-state index >= 15 is 0 Å². The zero-order chi connectivity index (χ0) is 17.1. The van der Waals surface area contributed by atoms with E-state index in [1.54, 1.807) is 42.5 Å². The predicted octanol–water partition coefficient (Wildman–Crippen LogP) is 3.38. The lowest BCUT2D eigenvalue weighted by molar-refractivity contribution is -0.117. The molecule has 0 fully saturated rings. The minimum Gasteiger partial charge on any atom is -0.486 e. The first kappa shape index (κ1) is 16.1. The third kappa shape index (κ3) is 3.26. The van der Waals surface area contributed by atoms with E-state index in [-0.39, 0.29) is 12.4 Å². The summed E-state index contributed by atoms with van der Waals surface area (Å²) in [5, 5.41) is 3.15. The summed E-state index contributed by atoms with van der Waals surface area (Å²) < 4.78 is 11.4. The van der Waals surface area contributed by atoms with Gasteiger partial charge in [-0.15, -0.1) is 0 Å². The van der Waals surface area contributed by atoms with E-state index in [1.165, 1.54) is 0 Å². The highest BCUT2D eigenvalue weighted by Crippen LogP contribution is 2.37. The molecule has 0 radical (unpaired) electrons.